The van der Waals surface area contributed by atoms with Crippen molar-refractivity contribution in [2.24, 2.45) is 11.8 Å². The first-order valence-electron chi connectivity index (χ1n) is 10.4. The van der Waals surface area contributed by atoms with Crippen LogP contribution in [0.3, 0.4) is 0 Å². The van der Waals surface area contributed by atoms with E-state index in [-0.39, 0.29) is 0 Å². The number of aromatic nitrogens is 3. The molecule has 27 heavy (non-hydrogen) atoms. The molecule has 5 heteroatoms. The number of hydrogen-bond acceptors (Lipinski definition) is 5. The molecule has 3 heterocycles. The number of fused-ring (bicyclic) bond motifs is 2. The third-order valence-corrected chi connectivity index (χ3v) is 7.07. The second kappa shape index (κ2) is 6.86. The summed E-state index contributed by atoms with van der Waals surface area (Å²) in [6.45, 7) is 8.71. The van der Waals surface area contributed by atoms with Crippen LogP contribution in [0.4, 0.5) is 5.82 Å². The predicted octanol–water partition coefficient (Wildman–Crippen LogP) is 3.47. The van der Waals surface area contributed by atoms with Crippen molar-refractivity contribution in [1.29, 1.82) is 0 Å². The lowest BCUT2D eigenvalue weighted by molar-refractivity contribution is 0.134. The van der Waals surface area contributed by atoms with Crippen LogP contribution in [0.15, 0.2) is 24.5 Å². The summed E-state index contributed by atoms with van der Waals surface area (Å²) in [6, 6.07) is 4.83. The first-order chi connectivity index (χ1) is 13.2. The van der Waals surface area contributed by atoms with Crippen molar-refractivity contribution in [3.05, 3.63) is 35.8 Å². The normalized spacial score (nSPS) is 28.1. The van der Waals surface area contributed by atoms with Gasteiger partial charge in [0.2, 0.25) is 0 Å². The van der Waals surface area contributed by atoms with E-state index in [9.17, 15) is 0 Å². The Morgan fingerprint density at radius 2 is 1.85 bits per heavy atom. The van der Waals surface area contributed by atoms with Crippen LogP contribution in [-0.4, -0.2) is 52.1 Å². The molecule has 0 spiro atoms. The molecule has 0 radical (unpaired) electrons. The van der Waals surface area contributed by atoms with Gasteiger partial charge >= 0.3 is 0 Å². The minimum Gasteiger partial charge on any atom is -0.354 e. The fourth-order valence-electron chi connectivity index (χ4n) is 5.47. The largest absolute Gasteiger partial charge is 0.354 e. The number of rotatable bonds is 3. The van der Waals surface area contributed by atoms with Gasteiger partial charge in [-0.2, -0.15) is 0 Å². The molecule has 2 saturated carbocycles. The highest BCUT2D eigenvalue weighted by molar-refractivity contribution is 5.59. The third-order valence-electron chi connectivity index (χ3n) is 7.07. The zero-order chi connectivity index (χ0) is 18.4. The molecule has 1 aliphatic heterocycles. The zero-order valence-corrected chi connectivity index (χ0v) is 16.4. The second-order valence-corrected chi connectivity index (χ2v) is 8.59. The van der Waals surface area contributed by atoms with E-state index < -0.39 is 0 Å². The summed E-state index contributed by atoms with van der Waals surface area (Å²) in [6.07, 6.45) is 9.53. The average molecular weight is 364 g/mol. The van der Waals surface area contributed by atoms with Crippen LogP contribution in [0, 0.1) is 25.7 Å². The predicted molar refractivity (Wildman–Crippen MR) is 108 cm³/mol. The number of pyridine rings is 1. The maximum absolute atomic E-state index is 4.94. The van der Waals surface area contributed by atoms with Crippen molar-refractivity contribution in [1.82, 2.24) is 19.9 Å². The van der Waals surface area contributed by atoms with Crippen LogP contribution in [0.5, 0.6) is 0 Å². The monoisotopic (exact) mass is 363 g/mol. The lowest BCUT2D eigenvalue weighted by Gasteiger charge is -2.41. The molecule has 0 aromatic carbocycles. The Labute approximate surface area is 161 Å². The molecule has 3 fully saturated rings. The van der Waals surface area contributed by atoms with Crippen LogP contribution in [-0.2, 0) is 0 Å². The molecule has 2 aromatic rings. The van der Waals surface area contributed by atoms with Gasteiger partial charge in [-0.05, 0) is 57.1 Å². The maximum Gasteiger partial charge on any atom is 0.163 e. The van der Waals surface area contributed by atoms with Crippen LogP contribution < -0.4 is 4.90 Å². The standard InChI is InChI=1S/C22H29N5/c1-15-16(2)24-21(19-4-3-7-23-14-19)25-22(15)27-10-8-26(9-11-27)20-13-17-5-6-18(20)12-17/h3-4,7,14,17-18,20H,5-6,8-13H2,1-2H3. The van der Waals surface area contributed by atoms with Gasteiger partial charge in [-0.3, -0.25) is 9.88 Å². The van der Waals surface area contributed by atoms with Crippen molar-refractivity contribution in [2.75, 3.05) is 31.1 Å². The lowest BCUT2D eigenvalue weighted by atomic mass is 9.93. The van der Waals surface area contributed by atoms with Crippen molar-refractivity contribution >= 4 is 5.82 Å². The number of piperazine rings is 1. The van der Waals surface area contributed by atoms with Crippen LogP contribution in [0.2, 0.25) is 0 Å². The van der Waals surface area contributed by atoms with Crippen LogP contribution in [0.1, 0.15) is 36.9 Å². The van der Waals surface area contributed by atoms with Gasteiger partial charge in [0.1, 0.15) is 5.82 Å². The highest BCUT2D eigenvalue weighted by Crippen LogP contribution is 2.46. The van der Waals surface area contributed by atoms with Gasteiger partial charge in [-0.25, -0.2) is 9.97 Å². The van der Waals surface area contributed by atoms with Crippen LogP contribution in [0.25, 0.3) is 11.4 Å². The number of anilines is 1. The average Bonchev–Trinajstić information content (AvgIpc) is 3.34. The highest BCUT2D eigenvalue weighted by Gasteiger charge is 2.42. The fraction of sp³-hybridized carbons (Fsp3) is 0.591. The van der Waals surface area contributed by atoms with E-state index in [2.05, 4.69) is 28.6 Å². The lowest BCUT2D eigenvalue weighted by Crippen LogP contribution is -2.52. The van der Waals surface area contributed by atoms with E-state index in [0.717, 1.165) is 53.9 Å². The Balaban J connectivity index is 1.34. The topological polar surface area (TPSA) is 45.2 Å². The first-order valence-corrected chi connectivity index (χ1v) is 10.4. The Morgan fingerprint density at radius 1 is 1.00 bits per heavy atom. The summed E-state index contributed by atoms with van der Waals surface area (Å²) in [7, 11) is 0. The molecule has 3 unspecified atom stereocenters. The molecular weight excluding hydrogens is 334 g/mol. The van der Waals surface area contributed by atoms with Crippen molar-refractivity contribution in [3.8, 4) is 11.4 Å². The maximum atomic E-state index is 4.94. The molecule has 0 N–H and O–H groups in total. The Morgan fingerprint density at radius 3 is 2.52 bits per heavy atom. The third kappa shape index (κ3) is 3.12. The van der Waals surface area contributed by atoms with E-state index in [0.29, 0.717) is 0 Å². The van der Waals surface area contributed by atoms with Gasteiger partial charge in [-0.1, -0.05) is 6.42 Å². The minimum absolute atomic E-state index is 0.789. The highest BCUT2D eigenvalue weighted by atomic mass is 15.3. The van der Waals surface area contributed by atoms with Gasteiger partial charge in [0.05, 0.1) is 0 Å². The quantitative estimate of drug-likeness (QED) is 0.836. The number of nitrogens with zero attached hydrogens (tertiary/aromatic N) is 5. The van der Waals surface area contributed by atoms with Gasteiger partial charge in [0.25, 0.3) is 0 Å². The molecule has 5 rings (SSSR count). The summed E-state index contributed by atoms with van der Waals surface area (Å²) in [5.41, 5.74) is 3.26. The number of hydrogen-bond donors (Lipinski definition) is 0. The summed E-state index contributed by atoms with van der Waals surface area (Å²) in [4.78, 5) is 19.1. The molecule has 2 aromatic heterocycles. The Bertz CT molecular complexity index is 813. The van der Waals surface area contributed by atoms with E-state index >= 15 is 0 Å². The molecule has 3 atom stereocenters. The van der Waals surface area contributed by atoms with Crippen LogP contribution >= 0.6 is 0 Å². The van der Waals surface area contributed by atoms with Crippen molar-refractivity contribution in [3.63, 3.8) is 0 Å². The van der Waals surface area contributed by atoms with Gasteiger partial charge in [0, 0.05) is 61.4 Å². The number of aryl methyl sites for hydroxylation is 1. The molecular formula is C22H29N5. The molecule has 0 amide bonds. The van der Waals surface area contributed by atoms with E-state index in [1.807, 2.05) is 18.3 Å². The van der Waals surface area contributed by atoms with Crippen molar-refractivity contribution < 1.29 is 0 Å². The summed E-state index contributed by atoms with van der Waals surface area (Å²) in [5.74, 6) is 3.89. The van der Waals surface area contributed by atoms with Gasteiger partial charge in [-0.15, -0.1) is 0 Å². The summed E-state index contributed by atoms with van der Waals surface area (Å²) >= 11 is 0. The van der Waals surface area contributed by atoms with Gasteiger partial charge in [0.15, 0.2) is 5.82 Å². The zero-order valence-electron chi connectivity index (χ0n) is 16.4. The SMILES string of the molecule is Cc1nc(-c2cccnc2)nc(N2CCN(C3CC4CCC3C4)CC2)c1C. The molecule has 142 valence electrons. The minimum atomic E-state index is 0.789. The Kier molecular flexibility index (Phi) is 4.35. The Hall–Kier alpha value is -2.01. The molecule has 2 bridgehead atoms. The van der Waals surface area contributed by atoms with Gasteiger partial charge < -0.3 is 4.90 Å². The summed E-state index contributed by atoms with van der Waals surface area (Å²) in [5, 5.41) is 0. The van der Waals surface area contributed by atoms with Crippen molar-refractivity contribution in [2.45, 2.75) is 45.6 Å². The second-order valence-electron chi connectivity index (χ2n) is 8.59. The summed E-state index contributed by atoms with van der Waals surface area (Å²) < 4.78 is 0. The molecule has 2 aliphatic carbocycles. The molecule has 3 aliphatic rings. The van der Waals surface area contributed by atoms with E-state index in [4.69, 9.17) is 9.97 Å². The molecule has 1 saturated heterocycles. The van der Waals surface area contributed by atoms with E-state index in [1.54, 1.807) is 6.20 Å². The smallest absolute Gasteiger partial charge is 0.163 e. The molecule has 5 nitrogen and oxygen atoms in total. The first kappa shape index (κ1) is 17.1. The van der Waals surface area contributed by atoms with E-state index in [1.165, 1.54) is 44.3 Å². The fourth-order valence-corrected chi connectivity index (χ4v) is 5.47.